The molecule has 148 valence electrons. The summed E-state index contributed by atoms with van der Waals surface area (Å²) in [6.45, 7) is 6.66. The second-order valence-corrected chi connectivity index (χ2v) is 7.59. The maximum absolute atomic E-state index is 12.5. The Hall–Kier alpha value is -2.31. The lowest BCUT2D eigenvalue weighted by atomic mass is 10.4. The van der Waals surface area contributed by atoms with Gasteiger partial charge in [-0.2, -0.15) is 15.0 Å². The smallest absolute Gasteiger partial charge is 0.321 e. The number of aromatic nitrogens is 5. The molecule has 0 aliphatic carbocycles. The molecular formula is C15H23N7O4S. The van der Waals surface area contributed by atoms with Crippen molar-refractivity contribution in [2.45, 2.75) is 32.0 Å². The summed E-state index contributed by atoms with van der Waals surface area (Å²) in [5.41, 5.74) is 0. The van der Waals surface area contributed by atoms with Crippen LogP contribution in [0.25, 0.3) is 0 Å². The zero-order valence-electron chi connectivity index (χ0n) is 15.5. The third kappa shape index (κ3) is 4.51. The number of aryl methyl sites for hydroxylation is 2. The molecule has 27 heavy (non-hydrogen) atoms. The molecule has 1 aliphatic heterocycles. The zero-order valence-corrected chi connectivity index (χ0v) is 16.4. The Morgan fingerprint density at radius 3 is 2.59 bits per heavy atom. The summed E-state index contributed by atoms with van der Waals surface area (Å²) in [4.78, 5) is 18.8. The summed E-state index contributed by atoms with van der Waals surface area (Å²) >= 11 is 0. The molecule has 11 nitrogen and oxygen atoms in total. The molecule has 3 rings (SSSR count). The second kappa shape index (κ2) is 8.15. The number of hydrogen-bond donors (Lipinski definition) is 1. The molecule has 1 fully saturated rings. The van der Waals surface area contributed by atoms with Crippen LogP contribution in [0, 0.1) is 6.92 Å². The molecule has 2 aromatic heterocycles. The molecule has 2 aromatic rings. The number of sulfonamides is 1. The van der Waals surface area contributed by atoms with E-state index >= 15 is 0 Å². The van der Waals surface area contributed by atoms with E-state index in [4.69, 9.17) is 9.47 Å². The highest BCUT2D eigenvalue weighted by atomic mass is 32.2. The van der Waals surface area contributed by atoms with Gasteiger partial charge in [0.25, 0.3) is 10.0 Å². The van der Waals surface area contributed by atoms with Gasteiger partial charge in [0.05, 0.1) is 26.9 Å². The molecule has 1 aliphatic rings. The fraction of sp³-hybridized carbons (Fsp3) is 0.600. The first-order chi connectivity index (χ1) is 12.9. The van der Waals surface area contributed by atoms with E-state index in [9.17, 15) is 8.42 Å². The van der Waals surface area contributed by atoms with Crippen LogP contribution in [0.4, 0.5) is 5.95 Å². The Labute approximate surface area is 157 Å². The SMILES string of the molecule is CCn1cc(S(=O)(=O)NCc2nc(OC)nc(N3CCOCC3)n2)nc1C. The normalized spacial score (nSPS) is 15.1. The van der Waals surface area contributed by atoms with Crippen LogP contribution in [0.1, 0.15) is 18.6 Å². The number of rotatable bonds is 7. The van der Waals surface area contributed by atoms with E-state index in [2.05, 4.69) is 24.7 Å². The summed E-state index contributed by atoms with van der Waals surface area (Å²) in [6.07, 6.45) is 1.50. The van der Waals surface area contributed by atoms with Crippen LogP contribution in [-0.2, 0) is 27.8 Å². The van der Waals surface area contributed by atoms with Gasteiger partial charge in [-0.3, -0.25) is 0 Å². The predicted molar refractivity (Wildman–Crippen MR) is 96.1 cm³/mol. The molecule has 0 saturated carbocycles. The lowest BCUT2D eigenvalue weighted by molar-refractivity contribution is 0.122. The van der Waals surface area contributed by atoms with Crippen molar-refractivity contribution < 1.29 is 17.9 Å². The van der Waals surface area contributed by atoms with Crippen molar-refractivity contribution in [3.63, 3.8) is 0 Å². The number of methoxy groups -OCH3 is 1. The van der Waals surface area contributed by atoms with Crippen LogP contribution in [0.2, 0.25) is 0 Å². The summed E-state index contributed by atoms with van der Waals surface area (Å²) < 4.78 is 39.7. The molecule has 0 unspecified atom stereocenters. The first-order valence-electron chi connectivity index (χ1n) is 8.58. The maximum Gasteiger partial charge on any atom is 0.321 e. The summed E-state index contributed by atoms with van der Waals surface area (Å²) in [7, 11) is -2.33. The highest BCUT2D eigenvalue weighted by Gasteiger charge is 2.21. The van der Waals surface area contributed by atoms with Crippen molar-refractivity contribution in [2.24, 2.45) is 0 Å². The Morgan fingerprint density at radius 2 is 1.96 bits per heavy atom. The molecule has 0 radical (unpaired) electrons. The Bertz CT molecular complexity index is 894. The number of ether oxygens (including phenoxy) is 2. The first-order valence-corrected chi connectivity index (χ1v) is 10.1. The number of nitrogens with one attached hydrogen (secondary N) is 1. The van der Waals surface area contributed by atoms with Gasteiger partial charge >= 0.3 is 6.01 Å². The molecule has 0 amide bonds. The third-order valence-corrected chi connectivity index (χ3v) is 5.39. The van der Waals surface area contributed by atoms with Crippen LogP contribution in [0.15, 0.2) is 11.2 Å². The van der Waals surface area contributed by atoms with Crippen LogP contribution in [-0.4, -0.2) is 66.3 Å². The van der Waals surface area contributed by atoms with Crippen molar-refractivity contribution in [3.05, 3.63) is 17.8 Å². The molecule has 0 bridgehead atoms. The predicted octanol–water partition coefficient (Wildman–Crippen LogP) is -0.280. The number of morpholine rings is 1. The van der Waals surface area contributed by atoms with Crippen molar-refractivity contribution in [1.82, 2.24) is 29.2 Å². The Morgan fingerprint density at radius 1 is 1.22 bits per heavy atom. The standard InChI is InChI=1S/C15H23N7O4S/c1-4-21-10-13(17-11(21)2)27(23,24)16-9-12-18-14(20-15(19-12)25-3)22-5-7-26-8-6-22/h10,16H,4-9H2,1-3H3. The average molecular weight is 397 g/mol. The largest absolute Gasteiger partial charge is 0.467 e. The monoisotopic (exact) mass is 397 g/mol. The van der Waals surface area contributed by atoms with Gasteiger partial charge in [-0.15, -0.1) is 0 Å². The number of imidazole rings is 1. The Kier molecular flexibility index (Phi) is 5.87. The average Bonchev–Trinajstić information content (AvgIpc) is 3.08. The van der Waals surface area contributed by atoms with E-state index in [0.29, 0.717) is 44.6 Å². The van der Waals surface area contributed by atoms with E-state index in [1.165, 1.54) is 13.3 Å². The fourth-order valence-electron chi connectivity index (χ4n) is 2.62. The molecular weight excluding hydrogens is 374 g/mol. The van der Waals surface area contributed by atoms with Crippen LogP contribution in [0.5, 0.6) is 6.01 Å². The molecule has 1 N–H and O–H groups in total. The molecule has 1 saturated heterocycles. The van der Waals surface area contributed by atoms with E-state index in [1.807, 2.05) is 11.8 Å². The minimum Gasteiger partial charge on any atom is -0.467 e. The van der Waals surface area contributed by atoms with E-state index in [-0.39, 0.29) is 23.4 Å². The van der Waals surface area contributed by atoms with Crippen LogP contribution in [0.3, 0.4) is 0 Å². The number of anilines is 1. The van der Waals surface area contributed by atoms with Gasteiger partial charge in [-0.25, -0.2) is 18.1 Å². The highest BCUT2D eigenvalue weighted by Crippen LogP contribution is 2.15. The Balaban J connectivity index is 1.77. The zero-order chi connectivity index (χ0) is 19.4. The van der Waals surface area contributed by atoms with Gasteiger partial charge in [0, 0.05) is 25.8 Å². The number of nitrogens with zero attached hydrogens (tertiary/aromatic N) is 6. The lowest BCUT2D eigenvalue weighted by Crippen LogP contribution is -2.37. The van der Waals surface area contributed by atoms with Crippen LogP contribution < -0.4 is 14.4 Å². The second-order valence-electron chi connectivity index (χ2n) is 5.87. The first kappa shape index (κ1) is 19.5. The molecule has 0 atom stereocenters. The quantitative estimate of drug-likeness (QED) is 0.671. The van der Waals surface area contributed by atoms with E-state index < -0.39 is 10.0 Å². The van der Waals surface area contributed by atoms with Gasteiger partial charge in [0.2, 0.25) is 5.95 Å². The van der Waals surface area contributed by atoms with Crippen molar-refractivity contribution in [2.75, 3.05) is 38.3 Å². The topological polar surface area (TPSA) is 124 Å². The van der Waals surface area contributed by atoms with Gasteiger partial charge < -0.3 is 18.9 Å². The molecule has 12 heteroatoms. The van der Waals surface area contributed by atoms with Gasteiger partial charge in [-0.1, -0.05) is 0 Å². The summed E-state index contributed by atoms with van der Waals surface area (Å²) in [5.74, 6) is 1.33. The molecule has 3 heterocycles. The highest BCUT2D eigenvalue weighted by molar-refractivity contribution is 7.89. The number of hydrogen-bond acceptors (Lipinski definition) is 9. The van der Waals surface area contributed by atoms with Gasteiger partial charge in [0.15, 0.2) is 10.9 Å². The van der Waals surface area contributed by atoms with Crippen molar-refractivity contribution >= 4 is 16.0 Å². The van der Waals surface area contributed by atoms with E-state index in [1.54, 1.807) is 11.5 Å². The van der Waals surface area contributed by atoms with Crippen molar-refractivity contribution in [1.29, 1.82) is 0 Å². The maximum atomic E-state index is 12.5. The minimum absolute atomic E-state index is 0.0312. The van der Waals surface area contributed by atoms with Crippen LogP contribution >= 0.6 is 0 Å². The van der Waals surface area contributed by atoms with Gasteiger partial charge in [-0.05, 0) is 13.8 Å². The fourth-order valence-corrected chi connectivity index (χ4v) is 3.61. The molecule has 0 aromatic carbocycles. The van der Waals surface area contributed by atoms with Crippen molar-refractivity contribution in [3.8, 4) is 6.01 Å². The summed E-state index contributed by atoms with van der Waals surface area (Å²) in [6, 6.07) is 0.131. The van der Waals surface area contributed by atoms with Gasteiger partial charge in [0.1, 0.15) is 5.82 Å². The lowest BCUT2D eigenvalue weighted by Gasteiger charge is -2.26. The minimum atomic E-state index is -3.78. The summed E-state index contributed by atoms with van der Waals surface area (Å²) in [5, 5.41) is -0.0312. The van der Waals surface area contributed by atoms with E-state index in [0.717, 1.165) is 0 Å². The third-order valence-electron chi connectivity index (χ3n) is 4.12. The molecule has 0 spiro atoms.